The van der Waals surface area contributed by atoms with Crippen LogP contribution in [0.3, 0.4) is 0 Å². The maximum atomic E-state index is 13.9. The van der Waals surface area contributed by atoms with Crippen molar-refractivity contribution in [3.05, 3.63) is 82.6 Å². The molecule has 39 heavy (non-hydrogen) atoms. The molecule has 0 bridgehead atoms. The first kappa shape index (κ1) is 26.7. The van der Waals surface area contributed by atoms with E-state index in [4.69, 9.17) is 4.74 Å². The molecule has 204 valence electrons. The number of nitrogens with one attached hydrogen (secondary N) is 1. The lowest BCUT2D eigenvalue weighted by molar-refractivity contribution is -0.139. The molecule has 0 unspecified atom stereocenters. The first-order valence-corrected chi connectivity index (χ1v) is 14.2. The SMILES string of the molecule is COc1ccccc1CCNC(=O)CN1CN(c2ccccc2)C2(CCN(C(=O)Cc3cccs3)CC2)C1=O. The minimum atomic E-state index is -0.765. The Morgan fingerprint density at radius 3 is 2.46 bits per heavy atom. The molecule has 2 fully saturated rings. The average molecular weight is 547 g/mol. The van der Waals surface area contributed by atoms with Crippen molar-refractivity contribution >= 4 is 34.7 Å². The minimum Gasteiger partial charge on any atom is -0.496 e. The molecule has 2 aliphatic heterocycles. The second-order valence-corrected chi connectivity index (χ2v) is 11.0. The summed E-state index contributed by atoms with van der Waals surface area (Å²) in [4.78, 5) is 46.4. The molecule has 1 spiro atoms. The number of hydrogen-bond donors (Lipinski definition) is 1. The van der Waals surface area contributed by atoms with E-state index in [9.17, 15) is 14.4 Å². The number of piperidine rings is 1. The van der Waals surface area contributed by atoms with Crippen LogP contribution in [-0.4, -0.2) is 73.0 Å². The van der Waals surface area contributed by atoms with Gasteiger partial charge in [-0.25, -0.2) is 0 Å². The number of anilines is 1. The molecule has 1 aromatic heterocycles. The number of benzene rings is 2. The molecular weight excluding hydrogens is 512 g/mol. The van der Waals surface area contributed by atoms with E-state index in [1.54, 1.807) is 23.3 Å². The predicted molar refractivity (Wildman–Crippen MR) is 152 cm³/mol. The van der Waals surface area contributed by atoms with Crippen molar-refractivity contribution in [2.75, 3.05) is 44.9 Å². The third kappa shape index (κ3) is 5.78. The highest BCUT2D eigenvalue weighted by Gasteiger charge is 2.54. The van der Waals surface area contributed by atoms with Crippen molar-refractivity contribution in [1.82, 2.24) is 15.1 Å². The van der Waals surface area contributed by atoms with Crippen molar-refractivity contribution in [2.24, 2.45) is 0 Å². The summed E-state index contributed by atoms with van der Waals surface area (Å²) in [6, 6.07) is 21.5. The van der Waals surface area contributed by atoms with E-state index in [1.165, 1.54) is 0 Å². The van der Waals surface area contributed by atoms with Crippen LogP contribution >= 0.6 is 11.3 Å². The highest BCUT2D eigenvalue weighted by Crippen LogP contribution is 2.39. The molecule has 1 N–H and O–H groups in total. The predicted octanol–water partition coefficient (Wildman–Crippen LogP) is 3.33. The van der Waals surface area contributed by atoms with Crippen LogP contribution in [0.4, 0.5) is 5.69 Å². The van der Waals surface area contributed by atoms with Crippen LogP contribution in [0, 0.1) is 0 Å². The lowest BCUT2D eigenvalue weighted by atomic mass is 9.85. The standard InChI is InChI=1S/C30H34N4O4S/c1-38-26-12-6-5-8-23(26)13-16-31-27(35)21-33-22-34(24-9-3-2-4-10-24)30(29(33)37)14-17-32(18-15-30)28(36)20-25-11-7-19-39-25/h2-12,19H,13-18,20-22H2,1H3,(H,31,35). The number of carbonyl (C=O) groups excluding carboxylic acids is 3. The third-order valence-corrected chi connectivity index (χ3v) is 8.55. The summed E-state index contributed by atoms with van der Waals surface area (Å²) < 4.78 is 5.40. The van der Waals surface area contributed by atoms with E-state index < -0.39 is 5.54 Å². The topological polar surface area (TPSA) is 82.2 Å². The van der Waals surface area contributed by atoms with Gasteiger partial charge in [-0.15, -0.1) is 11.3 Å². The Hall–Kier alpha value is -3.85. The Labute approximate surface area is 233 Å². The van der Waals surface area contributed by atoms with E-state index in [2.05, 4.69) is 10.2 Å². The largest absolute Gasteiger partial charge is 0.496 e. The minimum absolute atomic E-state index is 0.00311. The van der Waals surface area contributed by atoms with Gasteiger partial charge in [0, 0.05) is 30.2 Å². The van der Waals surface area contributed by atoms with Crippen molar-refractivity contribution in [3.8, 4) is 5.75 Å². The second kappa shape index (κ2) is 11.9. The molecule has 9 heteroatoms. The number of methoxy groups -OCH3 is 1. The fraction of sp³-hybridized carbons (Fsp3) is 0.367. The molecule has 0 aliphatic carbocycles. The van der Waals surface area contributed by atoms with Crippen LogP contribution in [0.15, 0.2) is 72.1 Å². The monoisotopic (exact) mass is 546 g/mol. The smallest absolute Gasteiger partial charge is 0.250 e. The van der Waals surface area contributed by atoms with Gasteiger partial charge in [0.25, 0.3) is 5.91 Å². The molecule has 2 aliphatic rings. The number of nitrogens with zero attached hydrogens (tertiary/aromatic N) is 3. The Balaban J connectivity index is 1.24. The normalized spacial score (nSPS) is 16.5. The number of rotatable bonds is 9. The number of carbonyl (C=O) groups is 3. The Morgan fingerprint density at radius 2 is 1.74 bits per heavy atom. The van der Waals surface area contributed by atoms with Gasteiger partial charge in [-0.2, -0.15) is 0 Å². The van der Waals surface area contributed by atoms with Gasteiger partial charge in [0.15, 0.2) is 0 Å². The zero-order chi connectivity index (χ0) is 27.2. The first-order valence-electron chi connectivity index (χ1n) is 13.3. The van der Waals surface area contributed by atoms with Crippen molar-refractivity contribution < 1.29 is 19.1 Å². The number of amides is 3. The van der Waals surface area contributed by atoms with Crippen LogP contribution in [0.5, 0.6) is 5.75 Å². The summed E-state index contributed by atoms with van der Waals surface area (Å²) in [5, 5.41) is 4.94. The number of thiophene rings is 1. The maximum Gasteiger partial charge on any atom is 0.250 e. The zero-order valence-electron chi connectivity index (χ0n) is 22.2. The molecular formula is C30H34N4O4S. The Bertz CT molecular complexity index is 1290. The van der Waals surface area contributed by atoms with Crippen molar-refractivity contribution in [3.63, 3.8) is 0 Å². The molecule has 5 rings (SSSR count). The number of hydrogen-bond acceptors (Lipinski definition) is 6. The highest BCUT2D eigenvalue weighted by atomic mass is 32.1. The molecule has 0 saturated carbocycles. The van der Waals surface area contributed by atoms with Crippen LogP contribution in [0.2, 0.25) is 0 Å². The van der Waals surface area contributed by atoms with Crippen molar-refractivity contribution in [2.45, 2.75) is 31.2 Å². The Morgan fingerprint density at radius 1 is 1.00 bits per heavy atom. The fourth-order valence-corrected chi connectivity index (χ4v) is 6.29. The lowest BCUT2D eigenvalue weighted by Crippen LogP contribution is -2.57. The summed E-state index contributed by atoms with van der Waals surface area (Å²) in [7, 11) is 1.63. The lowest BCUT2D eigenvalue weighted by Gasteiger charge is -2.43. The van der Waals surface area contributed by atoms with Gasteiger partial charge >= 0.3 is 0 Å². The maximum absolute atomic E-state index is 13.9. The van der Waals surface area contributed by atoms with E-state index in [-0.39, 0.29) is 24.3 Å². The molecule has 2 aromatic carbocycles. The number of likely N-dealkylation sites (tertiary alicyclic amines) is 1. The molecule has 0 radical (unpaired) electrons. The van der Waals surface area contributed by atoms with E-state index in [0.717, 1.165) is 21.9 Å². The van der Waals surface area contributed by atoms with Gasteiger partial charge in [0.05, 0.1) is 20.2 Å². The summed E-state index contributed by atoms with van der Waals surface area (Å²) >= 11 is 1.58. The summed E-state index contributed by atoms with van der Waals surface area (Å²) in [5.41, 5.74) is 1.20. The van der Waals surface area contributed by atoms with Crippen LogP contribution < -0.4 is 15.0 Å². The number of para-hydroxylation sites is 2. The summed E-state index contributed by atoms with van der Waals surface area (Å²) in [6.45, 7) is 1.81. The van der Waals surface area contributed by atoms with E-state index in [1.807, 2.05) is 77.0 Å². The summed E-state index contributed by atoms with van der Waals surface area (Å²) in [5.74, 6) is 0.654. The molecule has 3 heterocycles. The van der Waals surface area contributed by atoms with E-state index >= 15 is 0 Å². The fourth-order valence-electron chi connectivity index (χ4n) is 5.60. The summed E-state index contributed by atoms with van der Waals surface area (Å²) in [6.07, 6.45) is 2.09. The molecule has 3 aromatic rings. The van der Waals surface area contributed by atoms with Crippen molar-refractivity contribution in [1.29, 1.82) is 0 Å². The first-order chi connectivity index (χ1) is 19.0. The van der Waals surface area contributed by atoms with Gasteiger partial charge in [-0.3, -0.25) is 14.4 Å². The van der Waals surface area contributed by atoms with Gasteiger partial charge in [0.1, 0.15) is 17.8 Å². The molecule has 8 nitrogen and oxygen atoms in total. The van der Waals surface area contributed by atoms with Crippen LogP contribution in [-0.2, 0) is 27.2 Å². The second-order valence-electron chi connectivity index (χ2n) is 9.99. The third-order valence-electron chi connectivity index (χ3n) is 7.67. The van der Waals surface area contributed by atoms with Gasteiger partial charge in [-0.1, -0.05) is 42.5 Å². The van der Waals surface area contributed by atoms with Crippen LogP contribution in [0.25, 0.3) is 0 Å². The number of ether oxygens (including phenoxy) is 1. The average Bonchev–Trinajstić information content (AvgIpc) is 3.57. The van der Waals surface area contributed by atoms with Crippen LogP contribution in [0.1, 0.15) is 23.3 Å². The quantitative estimate of drug-likeness (QED) is 0.445. The van der Waals surface area contributed by atoms with Gasteiger partial charge < -0.3 is 24.8 Å². The van der Waals surface area contributed by atoms with E-state index in [0.29, 0.717) is 52.0 Å². The zero-order valence-corrected chi connectivity index (χ0v) is 23.0. The highest BCUT2D eigenvalue weighted by molar-refractivity contribution is 7.10. The molecule has 3 amide bonds. The molecule has 0 atom stereocenters. The Kier molecular flexibility index (Phi) is 8.16. The van der Waals surface area contributed by atoms with Gasteiger partial charge in [0.2, 0.25) is 11.8 Å². The van der Waals surface area contributed by atoms with Gasteiger partial charge in [-0.05, 0) is 54.5 Å². The molecule has 2 saturated heterocycles.